The van der Waals surface area contributed by atoms with Gasteiger partial charge in [0.2, 0.25) is 0 Å². The second-order valence-electron chi connectivity index (χ2n) is 4.47. The van der Waals surface area contributed by atoms with Crippen LogP contribution in [0.3, 0.4) is 0 Å². The van der Waals surface area contributed by atoms with Gasteiger partial charge in [0.15, 0.2) is 0 Å². The Balaban J connectivity index is 2.77. The maximum atomic E-state index is 10.3. The van der Waals surface area contributed by atoms with Crippen LogP contribution in [0, 0.1) is 5.92 Å². The van der Waals surface area contributed by atoms with E-state index in [1.807, 2.05) is 19.1 Å². The summed E-state index contributed by atoms with van der Waals surface area (Å²) in [5.74, 6) is 0.316. The first-order chi connectivity index (χ1) is 6.95. The van der Waals surface area contributed by atoms with E-state index in [0.29, 0.717) is 12.3 Å². The van der Waals surface area contributed by atoms with Crippen molar-refractivity contribution in [2.45, 2.75) is 39.2 Å². The van der Waals surface area contributed by atoms with E-state index in [1.165, 1.54) is 5.56 Å². The fraction of sp³-hybridized carbons (Fsp3) is 0.538. The molecule has 1 aromatic carbocycles. The van der Waals surface area contributed by atoms with E-state index in [9.17, 15) is 5.11 Å². The Hall–Kier alpha value is -0.340. The van der Waals surface area contributed by atoms with Crippen LogP contribution in [-0.4, -0.2) is 10.7 Å². The van der Waals surface area contributed by atoms with Crippen molar-refractivity contribution in [3.05, 3.63) is 34.3 Å². The molecule has 0 aliphatic heterocycles. The van der Waals surface area contributed by atoms with Crippen molar-refractivity contribution in [3.8, 4) is 0 Å². The highest BCUT2D eigenvalue weighted by Crippen LogP contribution is 2.25. The first-order valence-corrected chi connectivity index (χ1v) is 6.22. The highest BCUT2D eigenvalue weighted by atomic mass is 79.9. The first kappa shape index (κ1) is 12.7. The van der Waals surface area contributed by atoms with Crippen molar-refractivity contribution in [3.63, 3.8) is 0 Å². The lowest BCUT2D eigenvalue weighted by molar-refractivity contribution is 0.00516. The third-order valence-corrected chi connectivity index (χ3v) is 3.62. The van der Waals surface area contributed by atoms with Crippen LogP contribution in [-0.2, 0) is 6.42 Å². The molecule has 0 amide bonds. The maximum absolute atomic E-state index is 10.3. The summed E-state index contributed by atoms with van der Waals surface area (Å²) in [7, 11) is 0. The molecule has 1 rings (SSSR count). The fourth-order valence-corrected chi connectivity index (χ4v) is 2.12. The second kappa shape index (κ2) is 5.13. The lowest BCUT2D eigenvalue weighted by Crippen LogP contribution is -2.34. The van der Waals surface area contributed by atoms with Gasteiger partial charge >= 0.3 is 0 Å². The van der Waals surface area contributed by atoms with Gasteiger partial charge in [-0.15, -0.1) is 0 Å². The van der Waals surface area contributed by atoms with E-state index in [4.69, 9.17) is 0 Å². The zero-order valence-corrected chi connectivity index (χ0v) is 11.2. The smallest absolute Gasteiger partial charge is 0.0685 e. The van der Waals surface area contributed by atoms with Crippen molar-refractivity contribution >= 4 is 15.9 Å². The van der Waals surface area contributed by atoms with Crippen molar-refractivity contribution in [1.82, 2.24) is 0 Å². The third kappa shape index (κ3) is 3.62. The topological polar surface area (TPSA) is 20.2 Å². The monoisotopic (exact) mass is 270 g/mol. The van der Waals surface area contributed by atoms with Gasteiger partial charge in [0, 0.05) is 10.9 Å². The number of aliphatic hydroxyl groups is 1. The molecule has 1 N–H and O–H groups in total. The molecule has 0 saturated carbocycles. The zero-order chi connectivity index (χ0) is 11.5. The largest absolute Gasteiger partial charge is 0.390 e. The summed E-state index contributed by atoms with van der Waals surface area (Å²) in [5, 5.41) is 10.3. The number of benzene rings is 1. The summed E-state index contributed by atoms with van der Waals surface area (Å²) in [5.41, 5.74) is 0.560. The maximum Gasteiger partial charge on any atom is 0.0685 e. The van der Waals surface area contributed by atoms with Gasteiger partial charge in [0.25, 0.3) is 0 Å². The summed E-state index contributed by atoms with van der Waals surface area (Å²) in [4.78, 5) is 0. The van der Waals surface area contributed by atoms with Crippen molar-refractivity contribution in [2.24, 2.45) is 5.92 Å². The van der Waals surface area contributed by atoms with E-state index in [2.05, 4.69) is 41.9 Å². The van der Waals surface area contributed by atoms with Crippen LogP contribution in [0.5, 0.6) is 0 Å². The number of hydrogen-bond acceptors (Lipinski definition) is 1. The van der Waals surface area contributed by atoms with Crippen LogP contribution in [0.1, 0.15) is 32.8 Å². The zero-order valence-electron chi connectivity index (χ0n) is 9.63. The molecule has 2 heteroatoms. The molecule has 0 spiro atoms. The van der Waals surface area contributed by atoms with Crippen molar-refractivity contribution in [2.75, 3.05) is 0 Å². The average molecular weight is 271 g/mol. The quantitative estimate of drug-likeness (QED) is 0.883. The van der Waals surface area contributed by atoms with E-state index >= 15 is 0 Å². The Labute approximate surface area is 101 Å². The van der Waals surface area contributed by atoms with E-state index in [-0.39, 0.29) is 0 Å². The molecule has 1 nitrogen and oxygen atoms in total. The fourth-order valence-electron chi connectivity index (χ4n) is 1.67. The number of rotatable bonds is 4. The van der Waals surface area contributed by atoms with Gasteiger partial charge in [0.05, 0.1) is 5.60 Å². The molecule has 15 heavy (non-hydrogen) atoms. The molecule has 2 unspecified atom stereocenters. The van der Waals surface area contributed by atoms with Gasteiger partial charge in [0.1, 0.15) is 0 Å². The molecule has 0 aliphatic carbocycles. The SMILES string of the molecule is CCC(C)C(C)(O)Cc1cccc(Br)c1. The van der Waals surface area contributed by atoms with E-state index in [0.717, 1.165) is 10.9 Å². The standard InChI is InChI=1S/C13H19BrO/c1-4-10(2)13(3,15)9-11-6-5-7-12(14)8-11/h5-8,10,15H,4,9H2,1-3H3. The Bertz CT molecular complexity index is 320. The molecule has 1 aromatic rings. The molecule has 0 bridgehead atoms. The molecular weight excluding hydrogens is 252 g/mol. The van der Waals surface area contributed by atoms with Crippen molar-refractivity contribution in [1.29, 1.82) is 0 Å². The molecule has 0 radical (unpaired) electrons. The molecule has 2 atom stereocenters. The molecule has 0 saturated heterocycles. The van der Waals surface area contributed by atoms with Crippen LogP contribution >= 0.6 is 15.9 Å². The predicted molar refractivity (Wildman–Crippen MR) is 67.9 cm³/mol. The number of halogens is 1. The normalized spacial score (nSPS) is 17.1. The Kier molecular flexibility index (Phi) is 4.35. The summed E-state index contributed by atoms with van der Waals surface area (Å²) in [6, 6.07) is 8.13. The van der Waals surface area contributed by atoms with E-state index in [1.54, 1.807) is 0 Å². The van der Waals surface area contributed by atoms with Gasteiger partial charge in [-0.25, -0.2) is 0 Å². The summed E-state index contributed by atoms with van der Waals surface area (Å²) in [6.07, 6.45) is 1.71. The third-order valence-electron chi connectivity index (χ3n) is 3.13. The second-order valence-corrected chi connectivity index (χ2v) is 5.39. The van der Waals surface area contributed by atoms with Gasteiger partial charge in [-0.1, -0.05) is 48.3 Å². The minimum atomic E-state index is -0.616. The highest BCUT2D eigenvalue weighted by molar-refractivity contribution is 9.10. The molecule has 0 aromatic heterocycles. The summed E-state index contributed by atoms with van der Waals surface area (Å²) < 4.78 is 1.07. The lowest BCUT2D eigenvalue weighted by atomic mass is 9.83. The molecule has 84 valence electrons. The summed E-state index contributed by atoms with van der Waals surface area (Å²) >= 11 is 3.44. The van der Waals surface area contributed by atoms with E-state index < -0.39 is 5.60 Å². The van der Waals surface area contributed by atoms with Gasteiger partial charge < -0.3 is 5.11 Å². The first-order valence-electron chi connectivity index (χ1n) is 5.42. The highest BCUT2D eigenvalue weighted by Gasteiger charge is 2.27. The average Bonchev–Trinajstić information content (AvgIpc) is 2.15. The minimum Gasteiger partial charge on any atom is -0.390 e. The van der Waals surface area contributed by atoms with Crippen LogP contribution < -0.4 is 0 Å². The van der Waals surface area contributed by atoms with Crippen LogP contribution in [0.15, 0.2) is 28.7 Å². The van der Waals surface area contributed by atoms with Crippen LogP contribution in [0.2, 0.25) is 0 Å². The lowest BCUT2D eigenvalue weighted by Gasteiger charge is -2.29. The molecule has 0 heterocycles. The molecular formula is C13H19BrO. The Morgan fingerprint density at radius 1 is 1.47 bits per heavy atom. The van der Waals surface area contributed by atoms with Crippen molar-refractivity contribution < 1.29 is 5.11 Å². The molecule has 0 aliphatic rings. The predicted octanol–water partition coefficient (Wildman–Crippen LogP) is 3.79. The van der Waals surface area contributed by atoms with Crippen LogP contribution in [0.4, 0.5) is 0 Å². The van der Waals surface area contributed by atoms with Crippen LogP contribution in [0.25, 0.3) is 0 Å². The van der Waals surface area contributed by atoms with Gasteiger partial charge in [-0.05, 0) is 30.5 Å². The van der Waals surface area contributed by atoms with Gasteiger partial charge in [-0.3, -0.25) is 0 Å². The Morgan fingerprint density at radius 3 is 2.67 bits per heavy atom. The molecule has 0 fully saturated rings. The number of hydrogen-bond donors (Lipinski definition) is 1. The summed E-state index contributed by atoms with van der Waals surface area (Å²) in [6.45, 7) is 6.13. The minimum absolute atomic E-state index is 0.316. The Morgan fingerprint density at radius 2 is 2.13 bits per heavy atom. The van der Waals surface area contributed by atoms with Gasteiger partial charge in [-0.2, -0.15) is 0 Å².